The highest BCUT2D eigenvalue weighted by atomic mass is 35.5. The first-order valence-corrected chi connectivity index (χ1v) is 8.62. The molecule has 1 aliphatic rings. The maximum atomic E-state index is 12.3. The third kappa shape index (κ3) is 3.75. The molecular weight excluding hydrogens is 314 g/mol. The van der Waals surface area contributed by atoms with E-state index >= 15 is 0 Å². The van der Waals surface area contributed by atoms with Crippen LogP contribution in [-0.2, 0) is 10.0 Å². The molecule has 21 heavy (non-hydrogen) atoms. The Morgan fingerprint density at radius 2 is 2.00 bits per heavy atom. The van der Waals surface area contributed by atoms with Crippen molar-refractivity contribution in [2.24, 2.45) is 5.41 Å². The predicted molar refractivity (Wildman–Crippen MR) is 80.2 cm³/mol. The van der Waals surface area contributed by atoms with Gasteiger partial charge in [-0.3, -0.25) is 0 Å². The zero-order valence-electron chi connectivity index (χ0n) is 11.7. The number of halogens is 1. The molecule has 2 rings (SSSR count). The maximum absolute atomic E-state index is 12.3. The normalized spacial score (nSPS) is 17.8. The van der Waals surface area contributed by atoms with E-state index < -0.39 is 16.0 Å². The van der Waals surface area contributed by atoms with E-state index in [4.69, 9.17) is 16.7 Å². The molecule has 0 radical (unpaired) electrons. The van der Waals surface area contributed by atoms with Crippen molar-refractivity contribution in [3.05, 3.63) is 28.8 Å². The summed E-state index contributed by atoms with van der Waals surface area (Å²) in [5.74, 6) is -1.25. The molecule has 0 aliphatic heterocycles. The van der Waals surface area contributed by atoms with Gasteiger partial charge in [-0.05, 0) is 36.5 Å². The summed E-state index contributed by atoms with van der Waals surface area (Å²) >= 11 is 5.75. The van der Waals surface area contributed by atoms with Crippen LogP contribution in [-0.4, -0.2) is 26.0 Å². The molecule has 2 N–H and O–H groups in total. The summed E-state index contributed by atoms with van der Waals surface area (Å²) in [6.07, 6.45) is 4.22. The zero-order chi connectivity index (χ0) is 15.7. The Kier molecular flexibility index (Phi) is 4.60. The number of benzene rings is 1. The molecular formula is C14H18ClNO4S. The van der Waals surface area contributed by atoms with Gasteiger partial charge >= 0.3 is 5.97 Å². The Hall–Kier alpha value is -1.11. The maximum Gasteiger partial charge on any atom is 0.337 e. The van der Waals surface area contributed by atoms with Crippen LogP contribution in [0.2, 0.25) is 5.02 Å². The van der Waals surface area contributed by atoms with E-state index in [1.807, 2.05) is 0 Å². The molecule has 0 spiro atoms. The first-order chi connectivity index (χ1) is 9.73. The van der Waals surface area contributed by atoms with E-state index in [0.29, 0.717) is 6.54 Å². The summed E-state index contributed by atoms with van der Waals surface area (Å²) in [6, 6.07) is 3.69. The third-order valence-electron chi connectivity index (χ3n) is 3.98. The number of carboxylic acids is 1. The monoisotopic (exact) mass is 331 g/mol. The minimum Gasteiger partial charge on any atom is -0.478 e. The smallest absolute Gasteiger partial charge is 0.337 e. The Morgan fingerprint density at radius 3 is 2.57 bits per heavy atom. The van der Waals surface area contributed by atoms with E-state index in [1.54, 1.807) is 0 Å². The van der Waals surface area contributed by atoms with Crippen molar-refractivity contribution < 1.29 is 18.3 Å². The second-order valence-corrected chi connectivity index (χ2v) is 7.96. The molecule has 0 amide bonds. The van der Waals surface area contributed by atoms with E-state index in [1.165, 1.54) is 12.1 Å². The van der Waals surface area contributed by atoms with Crippen molar-refractivity contribution >= 4 is 27.6 Å². The lowest BCUT2D eigenvalue weighted by atomic mass is 9.89. The van der Waals surface area contributed by atoms with Gasteiger partial charge in [0.05, 0.1) is 15.5 Å². The van der Waals surface area contributed by atoms with Crippen molar-refractivity contribution in [1.82, 2.24) is 4.72 Å². The summed E-state index contributed by atoms with van der Waals surface area (Å²) in [7, 11) is -3.73. The highest BCUT2D eigenvalue weighted by Gasteiger charge is 2.30. The van der Waals surface area contributed by atoms with Crippen LogP contribution in [0.4, 0.5) is 0 Å². The fraction of sp³-hybridized carbons (Fsp3) is 0.500. The number of hydrogen-bond acceptors (Lipinski definition) is 3. The molecule has 1 aliphatic carbocycles. The summed E-state index contributed by atoms with van der Waals surface area (Å²) in [5.41, 5.74) is -0.235. The molecule has 1 aromatic carbocycles. The molecule has 1 fully saturated rings. The number of aromatic carboxylic acids is 1. The average molecular weight is 332 g/mol. The quantitative estimate of drug-likeness (QED) is 0.869. The first-order valence-electron chi connectivity index (χ1n) is 6.76. The number of sulfonamides is 1. The highest BCUT2D eigenvalue weighted by molar-refractivity contribution is 7.89. The van der Waals surface area contributed by atoms with Crippen molar-refractivity contribution in [2.45, 2.75) is 37.5 Å². The van der Waals surface area contributed by atoms with Crippen LogP contribution >= 0.6 is 11.6 Å². The van der Waals surface area contributed by atoms with E-state index in [9.17, 15) is 13.2 Å². The van der Waals surface area contributed by atoms with E-state index in [-0.39, 0.29) is 20.9 Å². The number of rotatable bonds is 5. The van der Waals surface area contributed by atoms with Gasteiger partial charge in [0.1, 0.15) is 0 Å². The van der Waals surface area contributed by atoms with Crippen LogP contribution < -0.4 is 4.72 Å². The molecule has 0 bridgehead atoms. The van der Waals surface area contributed by atoms with Gasteiger partial charge in [0, 0.05) is 6.54 Å². The Balaban J connectivity index is 2.19. The van der Waals surface area contributed by atoms with Crippen molar-refractivity contribution in [3.63, 3.8) is 0 Å². The van der Waals surface area contributed by atoms with Gasteiger partial charge in [0.2, 0.25) is 10.0 Å². The Bertz CT molecular complexity index is 651. The summed E-state index contributed by atoms with van der Waals surface area (Å²) < 4.78 is 27.1. The van der Waals surface area contributed by atoms with E-state index in [0.717, 1.165) is 31.7 Å². The fourth-order valence-corrected chi connectivity index (χ4v) is 4.02. The van der Waals surface area contributed by atoms with Gasteiger partial charge < -0.3 is 5.11 Å². The lowest BCUT2D eigenvalue weighted by Gasteiger charge is -2.23. The van der Waals surface area contributed by atoms with Crippen molar-refractivity contribution in [2.75, 3.05) is 6.54 Å². The summed E-state index contributed by atoms with van der Waals surface area (Å²) in [4.78, 5) is 10.9. The highest BCUT2D eigenvalue weighted by Crippen LogP contribution is 2.37. The van der Waals surface area contributed by atoms with Gasteiger partial charge in [-0.15, -0.1) is 0 Å². The summed E-state index contributed by atoms with van der Waals surface area (Å²) in [5, 5.41) is 9.02. The second-order valence-electron chi connectivity index (χ2n) is 5.79. The van der Waals surface area contributed by atoms with Crippen LogP contribution in [0.5, 0.6) is 0 Å². The summed E-state index contributed by atoms with van der Waals surface area (Å²) in [6.45, 7) is 2.42. The minimum absolute atomic E-state index is 0.0178. The molecule has 0 saturated heterocycles. The fourth-order valence-electron chi connectivity index (χ4n) is 2.59. The molecule has 0 unspecified atom stereocenters. The zero-order valence-corrected chi connectivity index (χ0v) is 13.3. The van der Waals surface area contributed by atoms with Gasteiger partial charge in [0.25, 0.3) is 0 Å². The first kappa shape index (κ1) is 16.3. The molecule has 5 nitrogen and oxygen atoms in total. The van der Waals surface area contributed by atoms with Crippen molar-refractivity contribution in [3.8, 4) is 0 Å². The number of hydrogen-bond donors (Lipinski definition) is 2. The van der Waals surface area contributed by atoms with Crippen LogP contribution in [0.15, 0.2) is 23.1 Å². The lowest BCUT2D eigenvalue weighted by molar-refractivity contribution is 0.0697. The standard InChI is InChI=1S/C14H18ClNO4S/c1-14(6-2-3-7-14)9-16-21(19,20)10-4-5-12(15)11(8-10)13(17)18/h4-5,8,16H,2-3,6-7,9H2,1H3,(H,17,18). The largest absolute Gasteiger partial charge is 0.478 e. The van der Waals surface area contributed by atoms with Gasteiger partial charge in [-0.25, -0.2) is 17.9 Å². The molecule has 1 saturated carbocycles. The molecule has 1 aromatic rings. The molecule has 7 heteroatoms. The second kappa shape index (κ2) is 5.94. The Labute approximate surface area is 129 Å². The Morgan fingerprint density at radius 1 is 1.38 bits per heavy atom. The van der Waals surface area contributed by atoms with Crippen molar-refractivity contribution in [1.29, 1.82) is 0 Å². The van der Waals surface area contributed by atoms with Crippen LogP contribution in [0.1, 0.15) is 43.0 Å². The topological polar surface area (TPSA) is 83.5 Å². The van der Waals surface area contributed by atoms with Gasteiger partial charge in [-0.2, -0.15) is 0 Å². The SMILES string of the molecule is CC1(CNS(=O)(=O)c2ccc(Cl)c(C(=O)O)c2)CCCC1. The molecule has 0 heterocycles. The molecule has 0 aromatic heterocycles. The average Bonchev–Trinajstić information content (AvgIpc) is 2.84. The lowest BCUT2D eigenvalue weighted by Crippen LogP contribution is -2.34. The van der Waals surface area contributed by atoms with Crippen LogP contribution in [0, 0.1) is 5.41 Å². The molecule has 116 valence electrons. The van der Waals surface area contributed by atoms with Crippen LogP contribution in [0.25, 0.3) is 0 Å². The molecule has 0 atom stereocenters. The predicted octanol–water partition coefficient (Wildman–Crippen LogP) is 2.90. The van der Waals surface area contributed by atoms with Gasteiger partial charge in [0.15, 0.2) is 0 Å². The third-order valence-corrected chi connectivity index (χ3v) is 5.71. The number of carbonyl (C=O) groups is 1. The van der Waals surface area contributed by atoms with Gasteiger partial charge in [-0.1, -0.05) is 31.4 Å². The number of carboxylic acid groups (broad SMARTS) is 1. The minimum atomic E-state index is -3.73. The van der Waals surface area contributed by atoms with Crippen LogP contribution in [0.3, 0.4) is 0 Å². The number of nitrogens with one attached hydrogen (secondary N) is 1. The van der Waals surface area contributed by atoms with E-state index in [2.05, 4.69) is 11.6 Å².